The first-order valence-corrected chi connectivity index (χ1v) is 9.51. The number of nitrogens with zero attached hydrogens (tertiary/aromatic N) is 4. The van der Waals surface area contributed by atoms with E-state index >= 15 is 0 Å². The average Bonchev–Trinajstić information content (AvgIpc) is 3.24. The van der Waals surface area contributed by atoms with Crippen LogP contribution in [0.3, 0.4) is 0 Å². The first-order valence-electron chi connectivity index (χ1n) is 8.52. The van der Waals surface area contributed by atoms with Crippen LogP contribution < -0.4 is 0 Å². The molecule has 2 N–H and O–H groups in total. The Hall–Kier alpha value is -3.14. The van der Waals surface area contributed by atoms with Gasteiger partial charge in [-0.1, -0.05) is 11.8 Å². The summed E-state index contributed by atoms with van der Waals surface area (Å²) in [6, 6.07) is 6.37. The van der Waals surface area contributed by atoms with Crippen molar-refractivity contribution in [3.63, 3.8) is 0 Å². The highest BCUT2D eigenvalue weighted by molar-refractivity contribution is 7.99. The minimum atomic E-state index is -0.522. The molecule has 3 aromatic rings. The molecular formula is C18H19N5O4S. The molecule has 2 heterocycles. The lowest BCUT2D eigenvalue weighted by Crippen LogP contribution is -2.13. The number of rotatable bonds is 7. The molecule has 0 unspecified atom stereocenters. The maximum atomic E-state index is 12.8. The van der Waals surface area contributed by atoms with E-state index in [2.05, 4.69) is 20.5 Å². The van der Waals surface area contributed by atoms with Crippen molar-refractivity contribution in [2.45, 2.75) is 25.9 Å². The molecule has 146 valence electrons. The Kier molecular flexibility index (Phi) is 5.78. The van der Waals surface area contributed by atoms with E-state index in [1.807, 2.05) is 0 Å². The minimum absolute atomic E-state index is 0.0446. The zero-order chi connectivity index (χ0) is 20.3. The number of carbonyl (C=O) groups is 2. The first kappa shape index (κ1) is 19.6. The Morgan fingerprint density at radius 3 is 2.54 bits per heavy atom. The molecule has 0 bridgehead atoms. The SMILES string of the molecule is CCOC(=O)c1c(C)[nH]c(C)c1C(=O)CSc1nnnn1-c1ccc(O)cc1. The van der Waals surface area contributed by atoms with Crippen molar-refractivity contribution in [1.82, 2.24) is 25.2 Å². The summed E-state index contributed by atoms with van der Waals surface area (Å²) in [5.41, 5.74) is 2.45. The molecule has 0 atom stereocenters. The van der Waals surface area contributed by atoms with Gasteiger partial charge in [-0.05, 0) is 55.5 Å². The number of aromatic nitrogens is 5. The number of ether oxygens (including phenoxy) is 1. The average molecular weight is 401 g/mol. The van der Waals surface area contributed by atoms with E-state index in [0.717, 1.165) is 11.8 Å². The predicted molar refractivity (Wildman–Crippen MR) is 102 cm³/mol. The second-order valence-corrected chi connectivity index (χ2v) is 6.89. The van der Waals surface area contributed by atoms with Crippen LogP contribution in [-0.2, 0) is 4.74 Å². The standard InChI is InChI=1S/C18H19N5O4S/c1-4-27-17(26)16-11(3)19-10(2)15(16)14(25)9-28-18-20-21-22-23(18)12-5-7-13(24)8-6-12/h5-8,19,24H,4,9H2,1-3H3. The molecule has 0 amide bonds. The molecule has 0 aliphatic heterocycles. The van der Waals surface area contributed by atoms with Crippen molar-refractivity contribution in [2.24, 2.45) is 0 Å². The van der Waals surface area contributed by atoms with Gasteiger partial charge in [0.15, 0.2) is 5.78 Å². The number of Topliss-reactive ketones (excluding diaryl/α,β-unsaturated/α-hetero) is 1. The zero-order valence-corrected chi connectivity index (χ0v) is 16.4. The third-order valence-corrected chi connectivity index (χ3v) is 4.92. The maximum absolute atomic E-state index is 12.8. The van der Waals surface area contributed by atoms with Gasteiger partial charge >= 0.3 is 5.97 Å². The van der Waals surface area contributed by atoms with E-state index in [9.17, 15) is 14.7 Å². The van der Waals surface area contributed by atoms with E-state index in [1.54, 1.807) is 32.9 Å². The van der Waals surface area contributed by atoms with Crippen molar-refractivity contribution < 1.29 is 19.4 Å². The van der Waals surface area contributed by atoms with Gasteiger partial charge in [0.1, 0.15) is 5.75 Å². The lowest BCUT2D eigenvalue weighted by atomic mass is 10.1. The monoisotopic (exact) mass is 401 g/mol. The summed E-state index contributed by atoms with van der Waals surface area (Å²) in [6.07, 6.45) is 0. The Labute approximate surface area is 165 Å². The van der Waals surface area contributed by atoms with Crippen molar-refractivity contribution >= 4 is 23.5 Å². The largest absolute Gasteiger partial charge is 0.508 e. The van der Waals surface area contributed by atoms with Gasteiger partial charge in [0.2, 0.25) is 5.16 Å². The number of esters is 1. The van der Waals surface area contributed by atoms with E-state index in [-0.39, 0.29) is 29.5 Å². The molecular weight excluding hydrogens is 382 g/mol. The Balaban J connectivity index is 1.80. The summed E-state index contributed by atoms with van der Waals surface area (Å²) in [5.74, 6) is -0.573. The van der Waals surface area contributed by atoms with E-state index in [4.69, 9.17) is 4.74 Å². The number of phenols is 1. The molecule has 9 nitrogen and oxygen atoms in total. The van der Waals surface area contributed by atoms with E-state index < -0.39 is 5.97 Å². The van der Waals surface area contributed by atoms with Crippen LogP contribution in [0.2, 0.25) is 0 Å². The fraction of sp³-hybridized carbons (Fsp3) is 0.278. The van der Waals surface area contributed by atoms with Crippen molar-refractivity contribution in [3.05, 3.63) is 46.8 Å². The van der Waals surface area contributed by atoms with Gasteiger partial charge in [-0.3, -0.25) is 4.79 Å². The summed E-state index contributed by atoms with van der Waals surface area (Å²) < 4.78 is 6.55. The lowest BCUT2D eigenvalue weighted by molar-refractivity contribution is 0.0522. The van der Waals surface area contributed by atoms with Gasteiger partial charge in [0, 0.05) is 11.4 Å². The van der Waals surface area contributed by atoms with Gasteiger partial charge in [-0.2, -0.15) is 4.68 Å². The highest BCUT2D eigenvalue weighted by Crippen LogP contribution is 2.25. The first-order chi connectivity index (χ1) is 13.4. The number of phenolic OH excluding ortho intramolecular Hbond substituents is 1. The molecule has 0 saturated carbocycles. The smallest absolute Gasteiger partial charge is 0.340 e. The topological polar surface area (TPSA) is 123 Å². The number of aryl methyl sites for hydroxylation is 2. The van der Waals surface area contributed by atoms with E-state index in [1.165, 1.54) is 16.8 Å². The number of tetrazole rings is 1. The molecule has 0 radical (unpaired) electrons. The number of thioether (sulfide) groups is 1. The number of aromatic amines is 1. The summed E-state index contributed by atoms with van der Waals surface area (Å²) in [5, 5.41) is 21.3. The fourth-order valence-corrected chi connectivity index (χ4v) is 3.58. The third kappa shape index (κ3) is 3.91. The summed E-state index contributed by atoms with van der Waals surface area (Å²) in [4.78, 5) is 28.1. The molecule has 0 aliphatic carbocycles. The number of hydrogen-bond donors (Lipinski definition) is 2. The van der Waals surface area contributed by atoms with Crippen LogP contribution in [0.4, 0.5) is 0 Å². The second-order valence-electron chi connectivity index (χ2n) is 5.95. The molecule has 1 aromatic carbocycles. The van der Waals surface area contributed by atoms with Crippen LogP contribution in [0.25, 0.3) is 5.69 Å². The summed E-state index contributed by atoms with van der Waals surface area (Å²) in [6.45, 7) is 5.42. The van der Waals surface area contributed by atoms with Crippen molar-refractivity contribution in [1.29, 1.82) is 0 Å². The van der Waals surface area contributed by atoms with E-state index in [0.29, 0.717) is 27.8 Å². The van der Waals surface area contributed by atoms with Crippen LogP contribution in [0, 0.1) is 13.8 Å². The highest BCUT2D eigenvalue weighted by atomic mass is 32.2. The third-order valence-electron chi connectivity index (χ3n) is 4.00. The number of benzene rings is 1. The Morgan fingerprint density at radius 2 is 1.86 bits per heavy atom. The number of carbonyl (C=O) groups excluding carboxylic acids is 2. The normalized spacial score (nSPS) is 10.8. The van der Waals surface area contributed by atoms with Gasteiger partial charge in [-0.15, -0.1) is 5.10 Å². The molecule has 28 heavy (non-hydrogen) atoms. The van der Waals surface area contributed by atoms with Gasteiger partial charge < -0.3 is 14.8 Å². The lowest BCUT2D eigenvalue weighted by Gasteiger charge is -2.06. The number of H-pyrrole nitrogens is 1. The second kappa shape index (κ2) is 8.26. The number of ketones is 1. The molecule has 2 aromatic heterocycles. The molecule has 10 heteroatoms. The molecule has 0 aliphatic rings. The molecule has 0 saturated heterocycles. The Morgan fingerprint density at radius 1 is 1.18 bits per heavy atom. The quantitative estimate of drug-likeness (QED) is 0.352. The maximum Gasteiger partial charge on any atom is 0.340 e. The Bertz CT molecular complexity index is 1010. The van der Waals surface area contributed by atoms with Crippen molar-refractivity contribution in [2.75, 3.05) is 12.4 Å². The number of nitrogens with one attached hydrogen (secondary N) is 1. The molecule has 0 spiro atoms. The predicted octanol–water partition coefficient (Wildman–Crippen LogP) is 2.46. The van der Waals surface area contributed by atoms with Crippen LogP contribution in [0.1, 0.15) is 39.0 Å². The van der Waals surface area contributed by atoms with Gasteiger partial charge in [-0.25, -0.2) is 4.79 Å². The van der Waals surface area contributed by atoms with Crippen LogP contribution in [0.15, 0.2) is 29.4 Å². The zero-order valence-electron chi connectivity index (χ0n) is 15.6. The summed E-state index contributed by atoms with van der Waals surface area (Å²) in [7, 11) is 0. The van der Waals surface area contributed by atoms with Gasteiger partial charge in [0.25, 0.3) is 0 Å². The molecule has 0 fully saturated rings. The van der Waals surface area contributed by atoms with Crippen LogP contribution in [0.5, 0.6) is 5.75 Å². The minimum Gasteiger partial charge on any atom is -0.508 e. The molecule has 3 rings (SSSR count). The van der Waals surface area contributed by atoms with Crippen LogP contribution in [-0.4, -0.2) is 54.4 Å². The number of hydrogen-bond acceptors (Lipinski definition) is 8. The highest BCUT2D eigenvalue weighted by Gasteiger charge is 2.25. The van der Waals surface area contributed by atoms with Gasteiger partial charge in [0.05, 0.1) is 29.2 Å². The summed E-state index contributed by atoms with van der Waals surface area (Å²) >= 11 is 1.16. The fourth-order valence-electron chi connectivity index (χ4n) is 2.82. The van der Waals surface area contributed by atoms with Crippen LogP contribution >= 0.6 is 11.8 Å². The van der Waals surface area contributed by atoms with Crippen molar-refractivity contribution in [3.8, 4) is 11.4 Å². The number of aromatic hydroxyl groups is 1.